The van der Waals surface area contributed by atoms with Crippen molar-refractivity contribution in [3.63, 3.8) is 0 Å². The molecule has 6 nitrogen and oxygen atoms in total. The Labute approximate surface area is 183 Å². The van der Waals surface area contributed by atoms with Crippen LogP contribution in [0.15, 0.2) is 65.7 Å². The Morgan fingerprint density at radius 1 is 0.935 bits per heavy atom. The molecule has 3 heterocycles. The number of hydrogen-bond donors (Lipinski definition) is 0. The van der Waals surface area contributed by atoms with Gasteiger partial charge in [0, 0.05) is 41.9 Å². The summed E-state index contributed by atoms with van der Waals surface area (Å²) in [4.78, 5) is 19.3. The second kappa shape index (κ2) is 10.3. The van der Waals surface area contributed by atoms with Crippen molar-refractivity contribution in [1.82, 2.24) is 14.5 Å². The van der Waals surface area contributed by atoms with Gasteiger partial charge in [0.25, 0.3) is 5.56 Å². The average molecular weight is 420 g/mol. The molecule has 0 atom stereocenters. The summed E-state index contributed by atoms with van der Waals surface area (Å²) in [5.41, 5.74) is 2.58. The number of likely N-dealkylation sites (tertiary alicyclic amines) is 1. The lowest BCUT2D eigenvalue weighted by molar-refractivity contribution is 0.183. The minimum Gasteiger partial charge on any atom is -0.492 e. The van der Waals surface area contributed by atoms with Crippen LogP contribution in [0.5, 0.6) is 11.5 Å². The molecular weight excluding hydrogens is 390 g/mol. The second-order valence-corrected chi connectivity index (χ2v) is 7.91. The highest BCUT2D eigenvalue weighted by molar-refractivity contribution is 5.38. The van der Waals surface area contributed by atoms with E-state index in [9.17, 15) is 4.79 Å². The Kier molecular flexibility index (Phi) is 6.99. The molecule has 2 aromatic heterocycles. The molecule has 1 fully saturated rings. The van der Waals surface area contributed by atoms with E-state index < -0.39 is 0 Å². The largest absolute Gasteiger partial charge is 0.492 e. The van der Waals surface area contributed by atoms with Crippen molar-refractivity contribution in [2.45, 2.75) is 32.8 Å². The summed E-state index contributed by atoms with van der Waals surface area (Å²) >= 11 is 0. The first-order valence-electron chi connectivity index (χ1n) is 10.9. The Morgan fingerprint density at radius 2 is 1.74 bits per heavy atom. The highest BCUT2D eigenvalue weighted by atomic mass is 16.5. The number of pyridine rings is 2. The average Bonchev–Trinajstić information content (AvgIpc) is 2.80. The molecule has 4 rings (SSSR count). The quantitative estimate of drug-likeness (QED) is 0.553. The van der Waals surface area contributed by atoms with E-state index in [2.05, 4.69) is 9.88 Å². The third-order valence-corrected chi connectivity index (χ3v) is 5.51. The van der Waals surface area contributed by atoms with E-state index >= 15 is 0 Å². The molecule has 0 spiro atoms. The molecule has 6 heteroatoms. The van der Waals surface area contributed by atoms with Gasteiger partial charge in [-0.05, 0) is 69.3 Å². The molecule has 162 valence electrons. The Balaban J connectivity index is 1.32. The first kappa shape index (κ1) is 21.1. The van der Waals surface area contributed by atoms with E-state index in [0.29, 0.717) is 19.0 Å². The fourth-order valence-corrected chi connectivity index (χ4v) is 3.69. The number of hydrogen-bond acceptors (Lipinski definition) is 5. The first-order valence-corrected chi connectivity index (χ1v) is 10.9. The minimum atomic E-state index is -0.140. The van der Waals surface area contributed by atoms with Crippen molar-refractivity contribution in [3.05, 3.63) is 82.5 Å². The smallest absolute Gasteiger partial charge is 0.258 e. The Hall–Kier alpha value is -3.12. The SMILES string of the molecule is Cc1ccc(COc2ccn(-c3ccc(OCCN4CCCCC4)cc3)c(=O)c2)cn1. The highest BCUT2D eigenvalue weighted by Crippen LogP contribution is 2.16. The molecule has 1 aliphatic heterocycles. The van der Waals surface area contributed by atoms with Gasteiger partial charge in [-0.15, -0.1) is 0 Å². The van der Waals surface area contributed by atoms with Crippen LogP contribution in [0.2, 0.25) is 0 Å². The maximum absolute atomic E-state index is 12.6. The summed E-state index contributed by atoms with van der Waals surface area (Å²) < 4.78 is 13.2. The summed E-state index contributed by atoms with van der Waals surface area (Å²) in [6, 6.07) is 14.8. The van der Waals surface area contributed by atoms with E-state index in [1.807, 2.05) is 43.3 Å². The van der Waals surface area contributed by atoms with Gasteiger partial charge in [-0.25, -0.2) is 0 Å². The standard InChI is InChI=1S/C25H29N3O3/c1-20-5-6-21(18-26-20)19-31-24-11-14-28(25(29)17-24)22-7-9-23(10-8-22)30-16-15-27-12-3-2-4-13-27/h5-11,14,17-18H,2-4,12-13,15-16,19H2,1H3. The summed E-state index contributed by atoms with van der Waals surface area (Å²) in [5.74, 6) is 1.36. The molecule has 1 aromatic carbocycles. The fraction of sp³-hybridized carbons (Fsp3) is 0.360. The predicted octanol–water partition coefficient (Wildman–Crippen LogP) is 3.98. The van der Waals surface area contributed by atoms with Crippen molar-refractivity contribution >= 4 is 0 Å². The Morgan fingerprint density at radius 3 is 2.45 bits per heavy atom. The van der Waals surface area contributed by atoms with E-state index in [0.717, 1.165) is 29.2 Å². The van der Waals surface area contributed by atoms with Gasteiger partial charge in [0.05, 0.1) is 0 Å². The van der Waals surface area contributed by atoms with Gasteiger partial charge in [-0.1, -0.05) is 12.5 Å². The number of ether oxygens (including phenoxy) is 2. The van der Waals surface area contributed by atoms with E-state index in [-0.39, 0.29) is 5.56 Å². The molecule has 31 heavy (non-hydrogen) atoms. The van der Waals surface area contributed by atoms with Crippen LogP contribution in [0, 0.1) is 6.92 Å². The van der Waals surface area contributed by atoms with Crippen LogP contribution in [0.25, 0.3) is 5.69 Å². The summed E-state index contributed by atoms with van der Waals surface area (Å²) in [6.07, 6.45) is 7.44. The fourth-order valence-electron chi connectivity index (χ4n) is 3.69. The number of nitrogens with zero attached hydrogens (tertiary/aromatic N) is 3. The van der Waals surface area contributed by atoms with Gasteiger partial charge >= 0.3 is 0 Å². The lowest BCUT2D eigenvalue weighted by atomic mass is 10.1. The van der Waals surface area contributed by atoms with Crippen molar-refractivity contribution in [1.29, 1.82) is 0 Å². The number of aryl methyl sites for hydroxylation is 1. The zero-order valence-electron chi connectivity index (χ0n) is 18.0. The van der Waals surface area contributed by atoms with Crippen molar-refractivity contribution in [3.8, 4) is 17.2 Å². The van der Waals surface area contributed by atoms with Gasteiger partial charge in [0.1, 0.15) is 24.7 Å². The van der Waals surface area contributed by atoms with Gasteiger partial charge in [0.15, 0.2) is 0 Å². The van der Waals surface area contributed by atoms with Crippen LogP contribution in [0.4, 0.5) is 0 Å². The highest BCUT2D eigenvalue weighted by Gasteiger charge is 2.09. The first-order chi connectivity index (χ1) is 15.2. The maximum atomic E-state index is 12.6. The van der Waals surface area contributed by atoms with Crippen molar-refractivity contribution in [2.24, 2.45) is 0 Å². The topological polar surface area (TPSA) is 56.6 Å². The molecule has 0 unspecified atom stereocenters. The molecule has 1 saturated heterocycles. The summed E-state index contributed by atoms with van der Waals surface area (Å²) in [5, 5.41) is 0. The molecular formula is C25H29N3O3. The third kappa shape index (κ3) is 5.95. The molecule has 0 radical (unpaired) electrons. The van der Waals surface area contributed by atoms with Gasteiger partial charge in [-0.3, -0.25) is 19.2 Å². The number of aromatic nitrogens is 2. The van der Waals surface area contributed by atoms with Gasteiger partial charge in [0.2, 0.25) is 0 Å². The molecule has 0 saturated carbocycles. The maximum Gasteiger partial charge on any atom is 0.258 e. The van der Waals surface area contributed by atoms with E-state index in [4.69, 9.17) is 9.47 Å². The normalized spacial score (nSPS) is 14.4. The number of benzene rings is 1. The third-order valence-electron chi connectivity index (χ3n) is 5.51. The van der Waals surface area contributed by atoms with E-state index in [1.54, 1.807) is 23.0 Å². The van der Waals surface area contributed by atoms with Crippen molar-refractivity contribution < 1.29 is 9.47 Å². The zero-order valence-corrected chi connectivity index (χ0v) is 18.0. The zero-order chi connectivity index (χ0) is 21.5. The van der Waals surface area contributed by atoms with Crippen LogP contribution in [-0.4, -0.2) is 40.7 Å². The summed E-state index contributed by atoms with van der Waals surface area (Å²) in [7, 11) is 0. The van der Waals surface area contributed by atoms with Crippen LogP contribution >= 0.6 is 0 Å². The molecule has 0 bridgehead atoms. The van der Waals surface area contributed by atoms with Gasteiger partial charge < -0.3 is 9.47 Å². The molecule has 1 aliphatic rings. The van der Waals surface area contributed by atoms with Crippen molar-refractivity contribution in [2.75, 3.05) is 26.2 Å². The van der Waals surface area contributed by atoms with Crippen LogP contribution < -0.4 is 15.0 Å². The van der Waals surface area contributed by atoms with Crippen LogP contribution in [0.1, 0.15) is 30.5 Å². The minimum absolute atomic E-state index is 0.140. The molecule has 3 aromatic rings. The lowest BCUT2D eigenvalue weighted by Gasteiger charge is -2.26. The predicted molar refractivity (Wildman–Crippen MR) is 121 cm³/mol. The number of rotatable bonds is 8. The molecule has 0 N–H and O–H groups in total. The molecule has 0 amide bonds. The Bertz CT molecular complexity index is 1020. The number of piperidine rings is 1. The van der Waals surface area contributed by atoms with Crippen LogP contribution in [-0.2, 0) is 6.61 Å². The van der Waals surface area contributed by atoms with Gasteiger partial charge in [-0.2, -0.15) is 0 Å². The van der Waals surface area contributed by atoms with E-state index in [1.165, 1.54) is 38.4 Å². The van der Waals surface area contributed by atoms with Crippen LogP contribution in [0.3, 0.4) is 0 Å². The molecule has 0 aliphatic carbocycles. The summed E-state index contributed by atoms with van der Waals surface area (Å²) in [6.45, 7) is 6.31. The lowest BCUT2D eigenvalue weighted by Crippen LogP contribution is -2.33. The monoisotopic (exact) mass is 419 g/mol. The second-order valence-electron chi connectivity index (χ2n) is 7.91.